The van der Waals surface area contributed by atoms with E-state index in [1.165, 1.54) is 36.6 Å². The van der Waals surface area contributed by atoms with E-state index in [1.54, 1.807) is 13.0 Å². The zero-order chi connectivity index (χ0) is 19.6. The highest BCUT2D eigenvalue weighted by Crippen LogP contribution is 2.36. The van der Waals surface area contributed by atoms with Gasteiger partial charge in [-0.05, 0) is 30.5 Å². The minimum Gasteiger partial charge on any atom is -0.465 e. The van der Waals surface area contributed by atoms with Crippen molar-refractivity contribution in [1.29, 1.82) is 0 Å². The number of nitrogens with one attached hydrogen (secondary N) is 1. The Balaban J connectivity index is 2.36. The fraction of sp³-hybridized carbons (Fsp3) is 0.333. The number of hydrogen-bond acceptors (Lipinski definition) is 6. The molecule has 1 amide bonds. The van der Waals surface area contributed by atoms with Gasteiger partial charge in [-0.25, -0.2) is 4.79 Å². The lowest BCUT2D eigenvalue weighted by molar-refractivity contribution is -0.385. The van der Waals surface area contributed by atoms with Gasteiger partial charge in [0, 0.05) is 22.1 Å². The number of esters is 1. The molecule has 138 valence electrons. The summed E-state index contributed by atoms with van der Waals surface area (Å²) < 4.78 is 4.79. The van der Waals surface area contributed by atoms with E-state index in [-0.39, 0.29) is 22.2 Å². The number of thiophene rings is 1. The summed E-state index contributed by atoms with van der Waals surface area (Å²) in [6.07, 6.45) is 0. The summed E-state index contributed by atoms with van der Waals surface area (Å²) in [5.41, 5.74) is 0.699. The Kier molecular flexibility index (Phi) is 5.46. The normalized spacial score (nSPS) is 11.1. The molecule has 0 aliphatic carbocycles. The molecule has 1 aromatic carbocycles. The Bertz CT molecular complexity index is 880. The smallest absolute Gasteiger partial charge is 0.340 e. The van der Waals surface area contributed by atoms with Crippen molar-refractivity contribution in [3.05, 3.63) is 55.9 Å². The fourth-order valence-electron chi connectivity index (χ4n) is 2.29. The first-order chi connectivity index (χ1) is 12.0. The summed E-state index contributed by atoms with van der Waals surface area (Å²) in [4.78, 5) is 35.9. The maximum atomic E-state index is 12.5. The van der Waals surface area contributed by atoms with Crippen LogP contribution in [-0.4, -0.2) is 23.9 Å². The Morgan fingerprint density at radius 1 is 1.23 bits per heavy atom. The Morgan fingerprint density at radius 2 is 1.88 bits per heavy atom. The van der Waals surface area contributed by atoms with Crippen molar-refractivity contribution >= 4 is 33.9 Å². The number of aryl methyl sites for hydroxylation is 1. The van der Waals surface area contributed by atoms with Gasteiger partial charge in [-0.15, -0.1) is 11.3 Å². The van der Waals surface area contributed by atoms with Gasteiger partial charge in [0.25, 0.3) is 11.6 Å². The highest BCUT2D eigenvalue weighted by molar-refractivity contribution is 7.16. The molecule has 1 aromatic heterocycles. The lowest BCUT2D eigenvalue weighted by Crippen LogP contribution is -2.14. The van der Waals surface area contributed by atoms with Gasteiger partial charge in [-0.1, -0.05) is 20.8 Å². The number of nitro benzene ring substituents is 1. The molecule has 7 nitrogen and oxygen atoms in total. The largest absolute Gasteiger partial charge is 0.465 e. The van der Waals surface area contributed by atoms with Gasteiger partial charge in [0.2, 0.25) is 0 Å². The number of anilines is 1. The Hall–Kier alpha value is -2.74. The van der Waals surface area contributed by atoms with Crippen LogP contribution in [0.25, 0.3) is 0 Å². The molecule has 0 unspecified atom stereocenters. The average Bonchev–Trinajstić information content (AvgIpc) is 2.97. The van der Waals surface area contributed by atoms with Crippen LogP contribution in [0.5, 0.6) is 0 Å². The van der Waals surface area contributed by atoms with Gasteiger partial charge in [-0.3, -0.25) is 14.9 Å². The summed E-state index contributed by atoms with van der Waals surface area (Å²) in [6.45, 7) is 7.58. The number of rotatable bonds is 4. The van der Waals surface area contributed by atoms with Crippen molar-refractivity contribution < 1.29 is 19.2 Å². The Labute approximate surface area is 155 Å². The van der Waals surface area contributed by atoms with Crippen LogP contribution >= 0.6 is 11.3 Å². The highest BCUT2D eigenvalue weighted by Gasteiger charge is 2.25. The van der Waals surface area contributed by atoms with Gasteiger partial charge >= 0.3 is 5.97 Å². The van der Waals surface area contributed by atoms with Crippen LogP contribution in [-0.2, 0) is 10.2 Å². The predicted octanol–water partition coefficient (Wildman–Crippen LogP) is 4.30. The van der Waals surface area contributed by atoms with E-state index >= 15 is 0 Å². The predicted molar refractivity (Wildman–Crippen MR) is 100 cm³/mol. The van der Waals surface area contributed by atoms with E-state index in [4.69, 9.17) is 4.74 Å². The van der Waals surface area contributed by atoms with Crippen LogP contribution in [0.1, 0.15) is 51.9 Å². The first kappa shape index (κ1) is 19.6. The first-order valence-electron chi connectivity index (χ1n) is 7.83. The maximum absolute atomic E-state index is 12.5. The molecule has 0 bridgehead atoms. The molecule has 0 spiro atoms. The van der Waals surface area contributed by atoms with Crippen LogP contribution < -0.4 is 5.32 Å². The lowest BCUT2D eigenvalue weighted by atomic mass is 9.94. The number of carbonyl (C=O) groups is 2. The maximum Gasteiger partial charge on any atom is 0.340 e. The average molecular weight is 376 g/mol. The standard InChI is InChI=1S/C18H20N2O5S/c1-10-8-11(6-7-13(10)20(23)24)15(21)19-16-12(17(22)25-5)9-14(26-16)18(2,3)4/h6-9H,1-5H3,(H,19,21). The van der Waals surface area contributed by atoms with Crippen molar-refractivity contribution in [2.75, 3.05) is 12.4 Å². The van der Waals surface area contributed by atoms with Crippen molar-refractivity contribution in [3.63, 3.8) is 0 Å². The number of amides is 1. The molecule has 8 heteroatoms. The van der Waals surface area contributed by atoms with Gasteiger partial charge in [-0.2, -0.15) is 0 Å². The van der Waals surface area contributed by atoms with Gasteiger partial charge in [0.05, 0.1) is 17.6 Å². The first-order valence-corrected chi connectivity index (χ1v) is 8.65. The van der Waals surface area contributed by atoms with E-state index in [1.807, 2.05) is 20.8 Å². The zero-order valence-electron chi connectivity index (χ0n) is 15.2. The fourth-order valence-corrected chi connectivity index (χ4v) is 3.39. The van der Waals surface area contributed by atoms with Gasteiger partial charge in [0.1, 0.15) is 5.00 Å². The molecule has 2 aromatic rings. The summed E-state index contributed by atoms with van der Waals surface area (Å²) >= 11 is 1.30. The molecule has 0 radical (unpaired) electrons. The van der Waals surface area contributed by atoms with E-state index in [0.29, 0.717) is 10.6 Å². The van der Waals surface area contributed by atoms with Gasteiger partial charge in [0.15, 0.2) is 0 Å². The number of benzene rings is 1. The summed E-state index contributed by atoms with van der Waals surface area (Å²) in [7, 11) is 1.28. The number of ether oxygens (including phenoxy) is 1. The van der Waals surface area contributed by atoms with E-state index in [9.17, 15) is 19.7 Å². The molecular formula is C18H20N2O5S. The van der Waals surface area contributed by atoms with Gasteiger partial charge < -0.3 is 10.1 Å². The van der Waals surface area contributed by atoms with E-state index in [0.717, 1.165) is 4.88 Å². The van der Waals surface area contributed by atoms with Crippen molar-refractivity contribution in [3.8, 4) is 0 Å². The minimum atomic E-state index is -0.535. The quantitative estimate of drug-likeness (QED) is 0.487. The molecular weight excluding hydrogens is 356 g/mol. The molecule has 0 fully saturated rings. The third-order valence-electron chi connectivity index (χ3n) is 3.76. The summed E-state index contributed by atoms with van der Waals surface area (Å²) in [5, 5.41) is 14.0. The molecule has 1 heterocycles. The van der Waals surface area contributed by atoms with Crippen molar-refractivity contribution in [2.24, 2.45) is 0 Å². The molecule has 1 N–H and O–H groups in total. The zero-order valence-corrected chi connectivity index (χ0v) is 16.0. The molecule has 0 atom stereocenters. The topological polar surface area (TPSA) is 98.5 Å². The summed E-state index contributed by atoms with van der Waals surface area (Å²) in [5.74, 6) is -0.984. The molecule has 2 rings (SSSR count). The molecule has 0 saturated carbocycles. The summed E-state index contributed by atoms with van der Waals surface area (Å²) in [6, 6.07) is 5.84. The second-order valence-corrected chi connectivity index (χ2v) is 7.86. The third-order valence-corrected chi connectivity index (χ3v) is 5.24. The molecule has 26 heavy (non-hydrogen) atoms. The second-order valence-electron chi connectivity index (χ2n) is 6.81. The SMILES string of the molecule is COC(=O)c1cc(C(C)(C)C)sc1NC(=O)c1ccc([N+](=O)[O-])c(C)c1. The molecule has 0 aliphatic heterocycles. The van der Waals surface area contributed by atoms with Crippen LogP contribution in [0.2, 0.25) is 0 Å². The number of hydrogen-bond donors (Lipinski definition) is 1. The van der Waals surface area contributed by atoms with Crippen LogP contribution in [0.3, 0.4) is 0 Å². The van der Waals surface area contributed by atoms with Crippen molar-refractivity contribution in [2.45, 2.75) is 33.1 Å². The molecule has 0 saturated heterocycles. The second kappa shape index (κ2) is 7.25. The van der Waals surface area contributed by atoms with Crippen LogP contribution in [0.15, 0.2) is 24.3 Å². The lowest BCUT2D eigenvalue weighted by Gasteiger charge is -2.15. The minimum absolute atomic E-state index is 0.0528. The number of nitrogens with zero attached hydrogens (tertiary/aromatic N) is 1. The van der Waals surface area contributed by atoms with Crippen molar-refractivity contribution in [1.82, 2.24) is 0 Å². The number of carbonyl (C=O) groups excluding carboxylic acids is 2. The molecule has 0 aliphatic rings. The third kappa shape index (κ3) is 4.08. The number of methoxy groups -OCH3 is 1. The van der Waals surface area contributed by atoms with E-state index < -0.39 is 16.8 Å². The Morgan fingerprint density at radius 3 is 2.38 bits per heavy atom. The number of nitro groups is 1. The van der Waals surface area contributed by atoms with E-state index in [2.05, 4.69) is 5.32 Å². The van der Waals surface area contributed by atoms with Crippen LogP contribution in [0, 0.1) is 17.0 Å². The highest BCUT2D eigenvalue weighted by atomic mass is 32.1. The monoisotopic (exact) mass is 376 g/mol. The van der Waals surface area contributed by atoms with Crippen LogP contribution in [0.4, 0.5) is 10.7 Å².